The van der Waals surface area contributed by atoms with Crippen LogP contribution in [0.2, 0.25) is 0 Å². The van der Waals surface area contributed by atoms with Gasteiger partial charge < -0.3 is 0 Å². The van der Waals surface area contributed by atoms with E-state index >= 15 is 0 Å². The van der Waals surface area contributed by atoms with Crippen LogP contribution in [0.5, 0.6) is 0 Å². The maximum Gasteiger partial charge on any atom is 0.168 e. The van der Waals surface area contributed by atoms with Crippen LogP contribution < -0.4 is 0 Å². The van der Waals surface area contributed by atoms with Crippen LogP contribution in [-0.4, -0.2) is 29.7 Å². The van der Waals surface area contributed by atoms with E-state index in [4.69, 9.17) is 10.2 Å². The minimum Gasteiger partial charge on any atom is -0.275 e. The third-order valence-electron chi connectivity index (χ3n) is 10.7. The summed E-state index contributed by atoms with van der Waals surface area (Å²) in [5.74, 6) is 1.50. The maximum absolute atomic E-state index is 4.87. The summed E-state index contributed by atoms with van der Waals surface area (Å²) >= 11 is 0. The first kappa shape index (κ1) is 35.3. The number of pyridine rings is 3. The summed E-state index contributed by atoms with van der Waals surface area (Å²) < 4.78 is 2.16. The van der Waals surface area contributed by atoms with Gasteiger partial charge in [0.1, 0.15) is 0 Å². The van der Waals surface area contributed by atoms with E-state index in [9.17, 15) is 0 Å². The zero-order valence-corrected chi connectivity index (χ0v) is 32.0. The number of hydrogen-bond acceptors (Lipinski definition) is 5. The zero-order chi connectivity index (χ0) is 39.4. The topological polar surface area (TPSA) is 69.4 Å². The van der Waals surface area contributed by atoms with E-state index in [0.717, 1.165) is 95.2 Å². The molecule has 0 aliphatic rings. The van der Waals surface area contributed by atoms with Crippen molar-refractivity contribution < 1.29 is 0 Å². The summed E-state index contributed by atoms with van der Waals surface area (Å²) in [6.07, 6.45) is 11.1. The molecule has 278 valence electrons. The quantitative estimate of drug-likeness (QED) is 0.147. The van der Waals surface area contributed by atoms with Crippen molar-refractivity contribution in [2.24, 2.45) is 0 Å². The van der Waals surface area contributed by atoms with E-state index in [1.54, 1.807) is 18.6 Å². The molecule has 0 unspecified atom stereocenters. The summed E-state index contributed by atoms with van der Waals surface area (Å²) in [5.41, 5.74) is 16.3. The van der Waals surface area contributed by atoms with E-state index in [-0.39, 0.29) is 0 Å². The van der Waals surface area contributed by atoms with Gasteiger partial charge in [-0.1, -0.05) is 152 Å². The molecule has 4 heterocycles. The van der Waals surface area contributed by atoms with Crippen LogP contribution in [0.3, 0.4) is 0 Å². The molecule has 0 atom stereocenters. The lowest BCUT2D eigenvalue weighted by Crippen LogP contribution is -2.01. The van der Waals surface area contributed by atoms with E-state index < -0.39 is 0 Å². The van der Waals surface area contributed by atoms with Crippen LogP contribution in [-0.2, 0) is 0 Å². The Morgan fingerprint density at radius 3 is 0.847 bits per heavy atom. The first-order valence-corrected chi connectivity index (χ1v) is 19.5. The van der Waals surface area contributed by atoms with Crippen LogP contribution in [0, 0.1) is 0 Å². The van der Waals surface area contributed by atoms with Crippen molar-refractivity contribution in [2.75, 3.05) is 0 Å². The zero-order valence-electron chi connectivity index (χ0n) is 32.0. The lowest BCUT2D eigenvalue weighted by Gasteiger charge is -2.15. The molecule has 0 saturated carbocycles. The van der Waals surface area contributed by atoms with Crippen LogP contribution in [0.4, 0.5) is 0 Å². The minimum absolute atomic E-state index is 0.751. The van der Waals surface area contributed by atoms with Gasteiger partial charge in [0.2, 0.25) is 0 Å². The lowest BCUT2D eigenvalue weighted by atomic mass is 9.94. The summed E-state index contributed by atoms with van der Waals surface area (Å²) in [4.78, 5) is 13.1. The molecule has 6 nitrogen and oxygen atoms in total. The number of nitrogens with zero attached hydrogens (tertiary/aromatic N) is 6. The molecule has 4 aromatic heterocycles. The SMILES string of the molecule is c1cncc(-c2ccccc2-c2ccc(-c3nnc(-c4ccc(-c5ccccc5-c5cccnc5)cc4)n3-c3ccc(-c4ccccc4-c4cccnc4)cc3)cc2)c1. The van der Waals surface area contributed by atoms with Gasteiger partial charge in [0.25, 0.3) is 0 Å². The fourth-order valence-electron chi connectivity index (χ4n) is 7.82. The molecule has 0 bridgehead atoms. The number of benzene rings is 6. The molecule has 0 aliphatic carbocycles. The van der Waals surface area contributed by atoms with Crippen LogP contribution in [0.25, 0.3) is 95.2 Å². The monoisotopic (exact) mass is 756 g/mol. The van der Waals surface area contributed by atoms with Crippen LogP contribution in [0.15, 0.2) is 219 Å². The predicted molar refractivity (Wildman–Crippen MR) is 238 cm³/mol. The van der Waals surface area contributed by atoms with E-state index in [1.165, 1.54) is 0 Å². The standard InChI is InChI=1S/C53H36N6/c1-4-16-49(42-10-7-31-54-34-42)46(13-1)37-19-23-40(24-20-37)52-57-58-53(41-25-21-38(22-26-41)47-14-2-5-17-50(47)43-11-8-32-55-35-43)59(52)45-29-27-39(28-30-45)48-15-3-6-18-51(48)44-12-9-33-56-36-44/h1-36H. The van der Waals surface area contributed by atoms with Gasteiger partial charge in [-0.05, 0) is 80.4 Å². The summed E-state index contributed by atoms with van der Waals surface area (Å²) in [5, 5.41) is 9.73. The summed E-state index contributed by atoms with van der Waals surface area (Å²) in [7, 11) is 0. The number of aromatic nitrogens is 6. The molecule has 0 radical (unpaired) electrons. The molecular formula is C53H36N6. The van der Waals surface area contributed by atoms with E-state index in [0.29, 0.717) is 0 Å². The Morgan fingerprint density at radius 1 is 0.254 bits per heavy atom. The predicted octanol–water partition coefficient (Wildman–Crippen LogP) is 12.8. The molecule has 59 heavy (non-hydrogen) atoms. The summed E-state index contributed by atoms with van der Waals surface area (Å²) in [6, 6.07) is 63.4. The fraction of sp³-hybridized carbons (Fsp3) is 0. The van der Waals surface area contributed by atoms with Gasteiger partial charge in [0, 0.05) is 70.7 Å². The van der Waals surface area contributed by atoms with Gasteiger partial charge in [-0.3, -0.25) is 19.5 Å². The molecule has 6 heteroatoms. The first-order valence-electron chi connectivity index (χ1n) is 19.5. The van der Waals surface area contributed by atoms with Gasteiger partial charge in [-0.15, -0.1) is 10.2 Å². The molecule has 6 aromatic carbocycles. The van der Waals surface area contributed by atoms with Crippen molar-refractivity contribution in [3.8, 4) is 95.2 Å². The van der Waals surface area contributed by atoms with Gasteiger partial charge in [0.15, 0.2) is 11.6 Å². The number of rotatable bonds is 9. The molecule has 0 aliphatic heterocycles. The third kappa shape index (κ3) is 7.00. The Morgan fingerprint density at radius 2 is 0.542 bits per heavy atom. The van der Waals surface area contributed by atoms with Gasteiger partial charge in [0.05, 0.1) is 0 Å². The smallest absolute Gasteiger partial charge is 0.168 e. The average Bonchev–Trinajstić information content (AvgIpc) is 3.78. The normalized spacial score (nSPS) is 11.1. The second-order valence-corrected chi connectivity index (χ2v) is 14.2. The van der Waals surface area contributed by atoms with E-state index in [1.807, 2.05) is 36.8 Å². The second kappa shape index (κ2) is 15.8. The Kier molecular flexibility index (Phi) is 9.47. The molecular weight excluding hydrogens is 721 g/mol. The first-order chi connectivity index (χ1) is 29.3. The van der Waals surface area contributed by atoms with Crippen molar-refractivity contribution in [3.63, 3.8) is 0 Å². The van der Waals surface area contributed by atoms with Crippen LogP contribution >= 0.6 is 0 Å². The molecule has 0 spiro atoms. The highest BCUT2D eigenvalue weighted by molar-refractivity contribution is 5.86. The van der Waals surface area contributed by atoms with Crippen molar-refractivity contribution in [1.82, 2.24) is 29.7 Å². The van der Waals surface area contributed by atoms with Gasteiger partial charge in [-0.25, -0.2) is 0 Å². The Balaban J connectivity index is 1.06. The number of hydrogen-bond donors (Lipinski definition) is 0. The second-order valence-electron chi connectivity index (χ2n) is 14.2. The minimum atomic E-state index is 0.751. The van der Waals surface area contributed by atoms with Crippen molar-refractivity contribution in [2.45, 2.75) is 0 Å². The average molecular weight is 757 g/mol. The molecule has 0 saturated heterocycles. The van der Waals surface area contributed by atoms with Gasteiger partial charge in [-0.2, -0.15) is 0 Å². The largest absolute Gasteiger partial charge is 0.275 e. The van der Waals surface area contributed by atoms with Crippen molar-refractivity contribution in [1.29, 1.82) is 0 Å². The Bertz CT molecular complexity index is 2850. The fourth-order valence-corrected chi connectivity index (χ4v) is 7.82. The Labute approximate surface area is 342 Å². The van der Waals surface area contributed by atoms with Crippen molar-refractivity contribution in [3.05, 3.63) is 219 Å². The third-order valence-corrected chi connectivity index (χ3v) is 10.7. The summed E-state index contributed by atoms with van der Waals surface area (Å²) in [6.45, 7) is 0. The molecule has 0 N–H and O–H groups in total. The van der Waals surface area contributed by atoms with E-state index in [2.05, 4.69) is 183 Å². The van der Waals surface area contributed by atoms with Gasteiger partial charge >= 0.3 is 0 Å². The molecule has 0 amide bonds. The highest BCUT2D eigenvalue weighted by Gasteiger charge is 2.19. The molecule has 10 aromatic rings. The molecule has 0 fully saturated rings. The Hall–Kier alpha value is -8.09. The highest BCUT2D eigenvalue weighted by atomic mass is 15.3. The molecule has 10 rings (SSSR count). The maximum atomic E-state index is 4.87. The van der Waals surface area contributed by atoms with Crippen molar-refractivity contribution >= 4 is 0 Å². The lowest BCUT2D eigenvalue weighted by molar-refractivity contribution is 1.07. The highest BCUT2D eigenvalue weighted by Crippen LogP contribution is 2.37. The van der Waals surface area contributed by atoms with Crippen LogP contribution in [0.1, 0.15) is 0 Å².